The monoisotopic (exact) mass is 248 g/mol. The van der Waals surface area contributed by atoms with Crippen LogP contribution in [0.4, 0.5) is 0 Å². The van der Waals surface area contributed by atoms with E-state index in [1.54, 1.807) is 0 Å². The minimum Gasteiger partial charge on any atom is -0.381 e. The summed E-state index contributed by atoms with van der Waals surface area (Å²) in [6.07, 6.45) is 3.86. The Balaban J connectivity index is 0.00000128. The zero-order valence-corrected chi connectivity index (χ0v) is 11.1. The van der Waals surface area contributed by atoms with Gasteiger partial charge in [0.25, 0.3) is 0 Å². The lowest BCUT2D eigenvalue weighted by molar-refractivity contribution is 0.147. The summed E-state index contributed by atoms with van der Waals surface area (Å²) in [4.78, 5) is 2.68. The van der Waals surface area contributed by atoms with E-state index in [1.165, 1.54) is 45.4 Å². The SMILES string of the molecule is CCCN(CC1CCOC1)C1CCNC1.Cl. The molecule has 2 unspecified atom stereocenters. The Kier molecular flexibility index (Phi) is 6.66. The minimum absolute atomic E-state index is 0. The van der Waals surface area contributed by atoms with Crippen molar-refractivity contribution in [1.29, 1.82) is 0 Å². The number of hydrogen-bond donors (Lipinski definition) is 1. The average molecular weight is 249 g/mol. The van der Waals surface area contributed by atoms with Crippen molar-refractivity contribution in [2.75, 3.05) is 39.4 Å². The van der Waals surface area contributed by atoms with E-state index in [1.807, 2.05) is 0 Å². The Labute approximate surface area is 105 Å². The van der Waals surface area contributed by atoms with E-state index in [-0.39, 0.29) is 12.4 Å². The zero-order chi connectivity index (χ0) is 10.5. The quantitative estimate of drug-likeness (QED) is 0.799. The molecule has 0 aromatic carbocycles. The van der Waals surface area contributed by atoms with E-state index in [0.717, 1.165) is 25.2 Å². The summed E-state index contributed by atoms with van der Waals surface area (Å²) in [5.41, 5.74) is 0. The van der Waals surface area contributed by atoms with Gasteiger partial charge in [-0.1, -0.05) is 6.92 Å². The van der Waals surface area contributed by atoms with Crippen LogP contribution in [0.25, 0.3) is 0 Å². The molecular formula is C12H25ClN2O. The van der Waals surface area contributed by atoms with Gasteiger partial charge < -0.3 is 10.1 Å². The Morgan fingerprint density at radius 2 is 2.25 bits per heavy atom. The highest BCUT2D eigenvalue weighted by molar-refractivity contribution is 5.85. The molecule has 0 spiro atoms. The van der Waals surface area contributed by atoms with Crippen LogP contribution >= 0.6 is 12.4 Å². The van der Waals surface area contributed by atoms with Gasteiger partial charge >= 0.3 is 0 Å². The van der Waals surface area contributed by atoms with E-state index in [9.17, 15) is 0 Å². The van der Waals surface area contributed by atoms with Crippen molar-refractivity contribution in [3.8, 4) is 0 Å². The number of rotatable bonds is 5. The van der Waals surface area contributed by atoms with E-state index in [4.69, 9.17) is 4.74 Å². The molecule has 0 amide bonds. The van der Waals surface area contributed by atoms with Crippen molar-refractivity contribution < 1.29 is 4.74 Å². The van der Waals surface area contributed by atoms with E-state index in [0.29, 0.717) is 0 Å². The summed E-state index contributed by atoms with van der Waals surface area (Å²) in [5, 5.41) is 3.46. The first kappa shape index (κ1) is 14.2. The molecule has 16 heavy (non-hydrogen) atoms. The van der Waals surface area contributed by atoms with Crippen LogP contribution in [0, 0.1) is 5.92 Å². The van der Waals surface area contributed by atoms with Crippen molar-refractivity contribution in [1.82, 2.24) is 10.2 Å². The molecule has 3 nitrogen and oxygen atoms in total. The summed E-state index contributed by atoms with van der Waals surface area (Å²) in [6.45, 7) is 9.14. The standard InChI is InChI=1S/C12H24N2O.ClH/c1-2-6-14(12-3-5-13-8-12)9-11-4-7-15-10-11;/h11-13H,2-10H2,1H3;1H. The lowest BCUT2D eigenvalue weighted by Gasteiger charge is -2.30. The molecule has 2 aliphatic heterocycles. The van der Waals surface area contributed by atoms with Crippen LogP contribution in [0.3, 0.4) is 0 Å². The Hall–Kier alpha value is 0.170. The van der Waals surface area contributed by atoms with Gasteiger partial charge in [0, 0.05) is 25.7 Å². The highest BCUT2D eigenvalue weighted by Gasteiger charge is 2.25. The molecular weight excluding hydrogens is 224 g/mol. The van der Waals surface area contributed by atoms with E-state index < -0.39 is 0 Å². The van der Waals surface area contributed by atoms with Crippen molar-refractivity contribution in [3.63, 3.8) is 0 Å². The number of nitrogens with one attached hydrogen (secondary N) is 1. The summed E-state index contributed by atoms with van der Waals surface area (Å²) in [6, 6.07) is 0.783. The summed E-state index contributed by atoms with van der Waals surface area (Å²) in [5.74, 6) is 0.789. The normalized spacial score (nSPS) is 29.6. The van der Waals surface area contributed by atoms with Gasteiger partial charge in [0.1, 0.15) is 0 Å². The summed E-state index contributed by atoms with van der Waals surface area (Å²) in [7, 11) is 0. The molecule has 0 radical (unpaired) electrons. The molecule has 2 aliphatic rings. The molecule has 0 bridgehead atoms. The van der Waals surface area contributed by atoms with Gasteiger partial charge in [-0.25, -0.2) is 0 Å². The van der Waals surface area contributed by atoms with Gasteiger partial charge in [0.2, 0.25) is 0 Å². The molecule has 96 valence electrons. The first-order valence-corrected chi connectivity index (χ1v) is 6.42. The predicted molar refractivity (Wildman–Crippen MR) is 69.3 cm³/mol. The van der Waals surface area contributed by atoms with E-state index in [2.05, 4.69) is 17.1 Å². The van der Waals surface area contributed by atoms with Crippen LogP contribution < -0.4 is 5.32 Å². The lowest BCUT2D eigenvalue weighted by atomic mass is 10.1. The van der Waals surface area contributed by atoms with Crippen LogP contribution in [-0.4, -0.2) is 50.3 Å². The number of halogens is 1. The molecule has 2 fully saturated rings. The molecule has 0 saturated carbocycles. The molecule has 0 aromatic rings. The lowest BCUT2D eigenvalue weighted by Crippen LogP contribution is -2.40. The largest absolute Gasteiger partial charge is 0.381 e. The van der Waals surface area contributed by atoms with Crippen molar-refractivity contribution in [3.05, 3.63) is 0 Å². The third kappa shape index (κ3) is 3.88. The Bertz CT molecular complexity index is 180. The molecule has 2 rings (SSSR count). The fourth-order valence-electron chi connectivity index (χ4n) is 2.72. The van der Waals surface area contributed by atoms with Crippen LogP contribution in [-0.2, 0) is 4.74 Å². The van der Waals surface area contributed by atoms with Crippen LogP contribution in [0.15, 0.2) is 0 Å². The van der Waals surface area contributed by atoms with Gasteiger partial charge in [0.15, 0.2) is 0 Å². The molecule has 2 saturated heterocycles. The number of ether oxygens (including phenoxy) is 1. The third-order valence-electron chi connectivity index (χ3n) is 3.58. The smallest absolute Gasteiger partial charge is 0.0507 e. The first-order valence-electron chi connectivity index (χ1n) is 6.42. The van der Waals surface area contributed by atoms with Crippen molar-refractivity contribution >= 4 is 12.4 Å². The van der Waals surface area contributed by atoms with Crippen molar-refractivity contribution in [2.45, 2.75) is 32.2 Å². The molecule has 2 atom stereocenters. The van der Waals surface area contributed by atoms with Crippen molar-refractivity contribution in [2.24, 2.45) is 5.92 Å². The fraction of sp³-hybridized carbons (Fsp3) is 1.00. The van der Waals surface area contributed by atoms with Gasteiger partial charge in [-0.3, -0.25) is 4.90 Å². The van der Waals surface area contributed by atoms with Crippen LogP contribution in [0.2, 0.25) is 0 Å². The highest BCUT2D eigenvalue weighted by Crippen LogP contribution is 2.17. The maximum absolute atomic E-state index is 5.46. The van der Waals surface area contributed by atoms with Crippen LogP contribution in [0.5, 0.6) is 0 Å². The van der Waals surface area contributed by atoms with Gasteiger partial charge in [-0.15, -0.1) is 12.4 Å². The second-order valence-electron chi connectivity index (χ2n) is 4.87. The van der Waals surface area contributed by atoms with Gasteiger partial charge in [-0.05, 0) is 38.3 Å². The molecule has 4 heteroatoms. The first-order chi connectivity index (χ1) is 7.40. The maximum Gasteiger partial charge on any atom is 0.0507 e. The van der Waals surface area contributed by atoms with Gasteiger partial charge in [0.05, 0.1) is 6.61 Å². The molecule has 1 N–H and O–H groups in total. The van der Waals surface area contributed by atoms with Crippen LogP contribution in [0.1, 0.15) is 26.2 Å². The predicted octanol–water partition coefficient (Wildman–Crippen LogP) is 1.52. The maximum atomic E-state index is 5.46. The number of nitrogens with zero attached hydrogens (tertiary/aromatic N) is 1. The van der Waals surface area contributed by atoms with E-state index >= 15 is 0 Å². The second kappa shape index (κ2) is 7.49. The third-order valence-corrected chi connectivity index (χ3v) is 3.58. The molecule has 0 aliphatic carbocycles. The topological polar surface area (TPSA) is 24.5 Å². The molecule has 0 aromatic heterocycles. The molecule has 2 heterocycles. The second-order valence-corrected chi connectivity index (χ2v) is 4.87. The minimum atomic E-state index is 0. The van der Waals surface area contributed by atoms with Gasteiger partial charge in [-0.2, -0.15) is 0 Å². The Morgan fingerprint density at radius 3 is 2.81 bits per heavy atom. The zero-order valence-electron chi connectivity index (χ0n) is 10.3. The summed E-state index contributed by atoms with van der Waals surface area (Å²) < 4.78 is 5.46. The average Bonchev–Trinajstić information content (AvgIpc) is 2.89. The fourth-order valence-corrected chi connectivity index (χ4v) is 2.72. The number of hydrogen-bond acceptors (Lipinski definition) is 3. The summed E-state index contributed by atoms with van der Waals surface area (Å²) >= 11 is 0. The Morgan fingerprint density at radius 1 is 1.38 bits per heavy atom. The highest BCUT2D eigenvalue weighted by atomic mass is 35.5.